The van der Waals surface area contributed by atoms with Crippen LogP contribution in [0.2, 0.25) is 5.02 Å². The largest absolute Gasteiger partial charge is 0.464 e. The number of hydrogen-bond acceptors (Lipinski definition) is 6. The molecule has 0 unspecified atom stereocenters. The summed E-state index contributed by atoms with van der Waals surface area (Å²) in [6.45, 7) is 4.62. The van der Waals surface area contributed by atoms with E-state index in [2.05, 4.69) is 0 Å². The average molecular weight is 381 g/mol. The van der Waals surface area contributed by atoms with Gasteiger partial charge in [-0.2, -0.15) is 0 Å². The number of carbonyl (C=O) groups is 3. The van der Waals surface area contributed by atoms with Gasteiger partial charge in [0.1, 0.15) is 0 Å². The van der Waals surface area contributed by atoms with Crippen molar-refractivity contribution >= 4 is 40.7 Å². The number of carbonyl (C=O) groups excluding carboxylic acids is 3. The third-order valence-electron chi connectivity index (χ3n) is 4.07. The van der Waals surface area contributed by atoms with E-state index < -0.39 is 23.4 Å². The molecule has 1 aliphatic heterocycles. The van der Waals surface area contributed by atoms with Gasteiger partial charge in [-0.05, 0) is 31.6 Å². The maximum absolute atomic E-state index is 12.7. The van der Waals surface area contributed by atoms with Gasteiger partial charge in [0, 0.05) is 35.8 Å². The van der Waals surface area contributed by atoms with Crippen LogP contribution in [0.5, 0.6) is 0 Å². The molecule has 0 spiro atoms. The van der Waals surface area contributed by atoms with E-state index >= 15 is 0 Å². The Hall–Kier alpha value is -2.54. The highest BCUT2D eigenvalue weighted by molar-refractivity contribution is 6.31. The number of nitrogens with zero attached hydrogens (tertiary/aromatic N) is 1. The molecule has 0 saturated carbocycles. The second-order valence-electron chi connectivity index (χ2n) is 5.75. The Morgan fingerprint density at radius 1 is 1.19 bits per heavy atom. The van der Waals surface area contributed by atoms with Gasteiger partial charge >= 0.3 is 11.9 Å². The topological polar surface area (TPSA) is 98.9 Å². The van der Waals surface area contributed by atoms with Crippen molar-refractivity contribution in [2.45, 2.75) is 32.7 Å². The Labute approximate surface area is 156 Å². The molecule has 0 saturated heterocycles. The highest BCUT2D eigenvalue weighted by Gasteiger charge is 2.58. The van der Waals surface area contributed by atoms with Crippen molar-refractivity contribution in [3.05, 3.63) is 35.0 Å². The number of benzene rings is 1. The smallest absolute Gasteiger partial charge is 0.344 e. The van der Waals surface area contributed by atoms with Gasteiger partial charge in [0.2, 0.25) is 11.4 Å². The van der Waals surface area contributed by atoms with Crippen molar-refractivity contribution in [2.24, 2.45) is 0 Å². The molecule has 0 atom stereocenters. The zero-order valence-corrected chi connectivity index (χ0v) is 15.6. The summed E-state index contributed by atoms with van der Waals surface area (Å²) in [6, 6.07) is 4.87. The fourth-order valence-electron chi connectivity index (χ4n) is 2.95. The Morgan fingerprint density at radius 2 is 1.77 bits per heavy atom. The van der Waals surface area contributed by atoms with Crippen LogP contribution in [0, 0.1) is 0 Å². The first kappa shape index (κ1) is 19.8. The molecule has 26 heavy (non-hydrogen) atoms. The third-order valence-corrected chi connectivity index (χ3v) is 4.30. The number of ether oxygens (including phenoxy) is 2. The molecule has 1 amide bonds. The van der Waals surface area contributed by atoms with Crippen molar-refractivity contribution in [2.75, 3.05) is 18.9 Å². The number of nitrogen functional groups attached to an aromatic ring is 1. The van der Waals surface area contributed by atoms with Crippen molar-refractivity contribution in [1.82, 2.24) is 4.90 Å². The Bertz CT molecular complexity index is 757. The molecule has 1 aromatic rings. The maximum atomic E-state index is 12.7. The van der Waals surface area contributed by atoms with Crippen LogP contribution >= 0.6 is 11.6 Å². The predicted octanol–water partition coefficient (Wildman–Crippen LogP) is 2.38. The zero-order valence-electron chi connectivity index (χ0n) is 14.9. The van der Waals surface area contributed by atoms with E-state index in [9.17, 15) is 14.4 Å². The lowest BCUT2D eigenvalue weighted by molar-refractivity contribution is -0.174. The lowest BCUT2D eigenvalue weighted by Gasteiger charge is -2.32. The van der Waals surface area contributed by atoms with E-state index in [1.165, 1.54) is 13.1 Å². The van der Waals surface area contributed by atoms with Crippen LogP contribution in [-0.4, -0.2) is 41.5 Å². The first-order valence-corrected chi connectivity index (χ1v) is 8.56. The number of amides is 1. The van der Waals surface area contributed by atoms with Crippen LogP contribution in [-0.2, 0) is 23.9 Å². The molecule has 0 aliphatic carbocycles. The van der Waals surface area contributed by atoms with Crippen LogP contribution in [0.15, 0.2) is 24.4 Å². The maximum Gasteiger partial charge on any atom is 0.344 e. The Kier molecular flexibility index (Phi) is 5.92. The van der Waals surface area contributed by atoms with Gasteiger partial charge in [-0.3, -0.25) is 9.69 Å². The quantitative estimate of drug-likeness (QED) is 0.478. The molecular weight excluding hydrogens is 360 g/mol. The van der Waals surface area contributed by atoms with Crippen LogP contribution < -0.4 is 5.73 Å². The molecule has 0 radical (unpaired) electrons. The predicted molar refractivity (Wildman–Crippen MR) is 97.0 cm³/mol. The number of anilines is 1. The molecule has 7 nitrogen and oxygen atoms in total. The van der Waals surface area contributed by atoms with Crippen molar-refractivity contribution < 1.29 is 23.9 Å². The van der Waals surface area contributed by atoms with E-state index in [-0.39, 0.29) is 19.6 Å². The van der Waals surface area contributed by atoms with Gasteiger partial charge in [0.15, 0.2) is 0 Å². The molecule has 2 rings (SSSR count). The number of esters is 2. The molecule has 0 bridgehead atoms. The van der Waals surface area contributed by atoms with E-state index in [0.717, 1.165) is 4.90 Å². The van der Waals surface area contributed by atoms with E-state index in [1.54, 1.807) is 32.0 Å². The summed E-state index contributed by atoms with van der Waals surface area (Å²) in [6.07, 6.45) is 1.34. The van der Waals surface area contributed by atoms with Gasteiger partial charge in [-0.1, -0.05) is 17.7 Å². The minimum Gasteiger partial charge on any atom is -0.464 e. The fraction of sp³-hybridized carbons (Fsp3) is 0.389. The molecule has 1 aliphatic rings. The zero-order chi connectivity index (χ0) is 19.5. The summed E-state index contributed by atoms with van der Waals surface area (Å²) in [5.74, 6) is -2.17. The Balaban J connectivity index is 2.57. The lowest BCUT2D eigenvalue weighted by atomic mass is 9.90. The molecule has 1 aromatic carbocycles. The van der Waals surface area contributed by atoms with Crippen molar-refractivity contribution in [1.29, 1.82) is 0 Å². The summed E-state index contributed by atoms with van der Waals surface area (Å²) in [5.41, 5.74) is 5.60. The van der Waals surface area contributed by atoms with Crippen LogP contribution in [0.4, 0.5) is 5.69 Å². The summed E-state index contributed by atoms with van der Waals surface area (Å²) in [5, 5.41) is 0.454. The average Bonchev–Trinajstić information content (AvgIpc) is 2.97. The highest BCUT2D eigenvalue weighted by Crippen LogP contribution is 2.41. The number of nitrogens with two attached hydrogens (primary N) is 1. The van der Waals surface area contributed by atoms with Gasteiger partial charge in [-0.15, -0.1) is 0 Å². The molecular formula is C18H21ClN2O5. The normalized spacial score (nSPS) is 15.4. The van der Waals surface area contributed by atoms with Gasteiger partial charge in [0.05, 0.1) is 13.2 Å². The fourth-order valence-corrected chi connectivity index (χ4v) is 3.13. The third kappa shape index (κ3) is 3.39. The van der Waals surface area contributed by atoms with Crippen molar-refractivity contribution in [3.63, 3.8) is 0 Å². The molecule has 1 heterocycles. The molecule has 0 aromatic heterocycles. The summed E-state index contributed by atoms with van der Waals surface area (Å²) >= 11 is 5.93. The van der Waals surface area contributed by atoms with Crippen LogP contribution in [0.3, 0.4) is 0 Å². The first-order chi connectivity index (χ1) is 12.3. The summed E-state index contributed by atoms with van der Waals surface area (Å²) in [4.78, 5) is 38.7. The van der Waals surface area contributed by atoms with Gasteiger partial charge in [0.25, 0.3) is 0 Å². The van der Waals surface area contributed by atoms with Crippen LogP contribution in [0.25, 0.3) is 5.57 Å². The monoisotopic (exact) mass is 380 g/mol. The van der Waals surface area contributed by atoms with Gasteiger partial charge in [-0.25, -0.2) is 9.59 Å². The minimum atomic E-state index is -1.90. The minimum absolute atomic E-state index is 0.0597. The number of hydrogen-bond donors (Lipinski definition) is 1. The number of halogens is 1. The SMILES string of the molecule is CCOC(=O)C1(C(=O)OCC)CC(c2ccc(Cl)cc2N)=CN1C(C)=O. The molecule has 2 N–H and O–H groups in total. The summed E-state index contributed by atoms with van der Waals surface area (Å²) in [7, 11) is 0. The standard InChI is InChI=1S/C18H21ClN2O5/c1-4-25-16(23)18(17(24)26-5-2)9-12(10-21(18)11(3)22)14-7-6-13(19)8-15(14)20/h6-8,10H,4-5,9,20H2,1-3H3. The van der Waals surface area contributed by atoms with E-state index in [0.29, 0.717) is 21.8 Å². The van der Waals surface area contributed by atoms with Crippen molar-refractivity contribution in [3.8, 4) is 0 Å². The Morgan fingerprint density at radius 3 is 2.23 bits per heavy atom. The number of rotatable bonds is 5. The first-order valence-electron chi connectivity index (χ1n) is 8.18. The molecule has 140 valence electrons. The van der Waals surface area contributed by atoms with E-state index in [4.69, 9.17) is 26.8 Å². The van der Waals surface area contributed by atoms with Crippen LogP contribution in [0.1, 0.15) is 32.8 Å². The lowest BCUT2D eigenvalue weighted by Crippen LogP contribution is -2.58. The van der Waals surface area contributed by atoms with E-state index in [1.807, 2.05) is 0 Å². The molecule has 8 heteroatoms. The summed E-state index contributed by atoms with van der Waals surface area (Å²) < 4.78 is 10.2. The second kappa shape index (κ2) is 7.78. The second-order valence-corrected chi connectivity index (χ2v) is 6.19. The van der Waals surface area contributed by atoms with Gasteiger partial charge < -0.3 is 15.2 Å². The molecule has 0 fully saturated rings. The highest BCUT2D eigenvalue weighted by atomic mass is 35.5.